The predicted molar refractivity (Wildman–Crippen MR) is 45.8 cm³/mol. The molecule has 0 saturated heterocycles. The fraction of sp³-hybridized carbons (Fsp3) is 0.125. The van der Waals surface area contributed by atoms with E-state index in [1.807, 2.05) is 0 Å². The number of aldehydes is 1. The molecule has 54 valence electrons. The minimum absolute atomic E-state index is 0. The number of carbonyl (C=O) groups is 1. The zero-order valence-corrected chi connectivity index (χ0v) is 5.64. The van der Waals surface area contributed by atoms with Crippen LogP contribution in [-0.2, 0) is 0 Å². The van der Waals surface area contributed by atoms with E-state index >= 15 is 0 Å². The zero-order chi connectivity index (χ0) is 6.69. The van der Waals surface area contributed by atoms with Crippen LogP contribution in [0.2, 0.25) is 0 Å². The van der Waals surface area contributed by atoms with E-state index in [1.165, 1.54) is 0 Å². The van der Waals surface area contributed by atoms with Crippen LogP contribution in [0.4, 0.5) is 0 Å². The lowest BCUT2D eigenvalue weighted by atomic mass is 10.2. The third-order valence-electron chi connectivity index (χ3n) is 1.03. The van der Waals surface area contributed by atoms with Crippen LogP contribution in [0.25, 0.3) is 0 Å². The van der Waals surface area contributed by atoms with Gasteiger partial charge in [-0.2, -0.15) is 0 Å². The molecule has 0 aromatic heterocycles. The lowest BCUT2D eigenvalue weighted by Gasteiger charge is -1.88. The molecule has 1 aromatic rings. The molecule has 0 fully saturated rings. The standard InChI is InChI=1S/C7H6OS.CH4/c8-5-6-1-3-7(9)4-2-6;/h1-5,9H;1H4. The summed E-state index contributed by atoms with van der Waals surface area (Å²) in [5.41, 5.74) is 0.688. The predicted octanol–water partition coefficient (Wildman–Crippen LogP) is 2.42. The summed E-state index contributed by atoms with van der Waals surface area (Å²) >= 11 is 4.05. The second kappa shape index (κ2) is 4.12. The van der Waals surface area contributed by atoms with Crippen molar-refractivity contribution in [2.75, 3.05) is 0 Å². The van der Waals surface area contributed by atoms with Gasteiger partial charge in [-0.05, 0) is 12.1 Å². The number of rotatable bonds is 1. The first-order valence-corrected chi connectivity index (χ1v) is 3.02. The SMILES string of the molecule is C.O=Cc1ccc(S)cc1. The number of hydrogen-bond donors (Lipinski definition) is 1. The van der Waals surface area contributed by atoms with Crippen molar-refractivity contribution in [1.82, 2.24) is 0 Å². The Hall–Kier alpha value is -0.760. The monoisotopic (exact) mass is 154 g/mol. The molecule has 0 radical (unpaired) electrons. The van der Waals surface area contributed by atoms with Gasteiger partial charge in [0.05, 0.1) is 0 Å². The Morgan fingerprint density at radius 1 is 1.20 bits per heavy atom. The number of thiol groups is 1. The van der Waals surface area contributed by atoms with Crippen LogP contribution >= 0.6 is 12.6 Å². The summed E-state index contributed by atoms with van der Waals surface area (Å²) < 4.78 is 0. The van der Waals surface area contributed by atoms with Gasteiger partial charge in [-0.15, -0.1) is 12.6 Å². The van der Waals surface area contributed by atoms with E-state index in [9.17, 15) is 4.79 Å². The van der Waals surface area contributed by atoms with Gasteiger partial charge >= 0.3 is 0 Å². The number of hydrogen-bond acceptors (Lipinski definition) is 2. The van der Waals surface area contributed by atoms with Crippen molar-refractivity contribution in [3.8, 4) is 0 Å². The molecule has 0 N–H and O–H groups in total. The van der Waals surface area contributed by atoms with Crippen molar-refractivity contribution in [2.45, 2.75) is 12.3 Å². The van der Waals surface area contributed by atoms with Crippen LogP contribution in [0.5, 0.6) is 0 Å². The van der Waals surface area contributed by atoms with Crippen molar-refractivity contribution < 1.29 is 4.79 Å². The van der Waals surface area contributed by atoms with Gasteiger partial charge in [0.2, 0.25) is 0 Å². The van der Waals surface area contributed by atoms with Crippen LogP contribution in [-0.4, -0.2) is 6.29 Å². The average molecular weight is 154 g/mol. The molecule has 0 spiro atoms. The molecule has 0 bridgehead atoms. The van der Waals surface area contributed by atoms with Crippen LogP contribution in [0.15, 0.2) is 29.2 Å². The average Bonchev–Trinajstić information content (AvgIpc) is 1.90. The van der Waals surface area contributed by atoms with Gasteiger partial charge in [0, 0.05) is 10.5 Å². The van der Waals surface area contributed by atoms with Crippen molar-refractivity contribution in [1.29, 1.82) is 0 Å². The smallest absolute Gasteiger partial charge is 0.150 e. The van der Waals surface area contributed by atoms with Crippen molar-refractivity contribution in [3.63, 3.8) is 0 Å². The summed E-state index contributed by atoms with van der Waals surface area (Å²) in [6.45, 7) is 0. The third-order valence-corrected chi connectivity index (χ3v) is 1.33. The van der Waals surface area contributed by atoms with Gasteiger partial charge in [-0.25, -0.2) is 0 Å². The van der Waals surface area contributed by atoms with Gasteiger partial charge < -0.3 is 0 Å². The number of benzene rings is 1. The zero-order valence-electron chi connectivity index (χ0n) is 4.74. The third kappa shape index (κ3) is 2.23. The van der Waals surface area contributed by atoms with Crippen LogP contribution in [0, 0.1) is 0 Å². The van der Waals surface area contributed by atoms with E-state index in [1.54, 1.807) is 24.3 Å². The maximum Gasteiger partial charge on any atom is 0.150 e. The lowest BCUT2D eigenvalue weighted by Crippen LogP contribution is -1.75. The Morgan fingerprint density at radius 2 is 1.70 bits per heavy atom. The molecule has 1 nitrogen and oxygen atoms in total. The fourth-order valence-electron chi connectivity index (χ4n) is 0.553. The highest BCUT2D eigenvalue weighted by Crippen LogP contribution is 2.05. The van der Waals surface area contributed by atoms with Crippen LogP contribution < -0.4 is 0 Å². The molecule has 1 rings (SSSR count). The van der Waals surface area contributed by atoms with E-state index < -0.39 is 0 Å². The van der Waals surface area contributed by atoms with Crippen LogP contribution in [0.1, 0.15) is 17.8 Å². The molecule has 0 unspecified atom stereocenters. The van der Waals surface area contributed by atoms with Gasteiger partial charge in [-0.3, -0.25) is 4.79 Å². The Bertz CT molecular complexity index is 203. The topological polar surface area (TPSA) is 17.1 Å². The molecular weight excluding hydrogens is 144 g/mol. The Morgan fingerprint density at radius 3 is 2.10 bits per heavy atom. The first-order chi connectivity index (χ1) is 4.33. The van der Waals surface area contributed by atoms with Gasteiger partial charge in [0.25, 0.3) is 0 Å². The molecule has 0 amide bonds. The highest BCUT2D eigenvalue weighted by Gasteiger charge is 1.85. The van der Waals surface area contributed by atoms with E-state index in [2.05, 4.69) is 12.6 Å². The maximum absolute atomic E-state index is 10.1. The fourth-order valence-corrected chi connectivity index (χ4v) is 0.702. The second-order valence-corrected chi connectivity index (χ2v) is 2.23. The molecule has 0 aliphatic rings. The molecule has 0 aliphatic carbocycles. The highest BCUT2D eigenvalue weighted by atomic mass is 32.1. The summed E-state index contributed by atoms with van der Waals surface area (Å²) in [7, 11) is 0. The van der Waals surface area contributed by atoms with Gasteiger partial charge in [0.15, 0.2) is 0 Å². The Balaban J connectivity index is 0.000000810. The van der Waals surface area contributed by atoms with E-state index in [-0.39, 0.29) is 7.43 Å². The van der Waals surface area contributed by atoms with Gasteiger partial charge in [-0.1, -0.05) is 19.6 Å². The largest absolute Gasteiger partial charge is 0.298 e. The lowest BCUT2D eigenvalue weighted by molar-refractivity contribution is 0.112. The molecule has 1 aromatic carbocycles. The summed E-state index contributed by atoms with van der Waals surface area (Å²) in [5.74, 6) is 0. The number of carbonyl (C=O) groups excluding carboxylic acids is 1. The van der Waals surface area contributed by atoms with Crippen molar-refractivity contribution in [2.24, 2.45) is 0 Å². The highest BCUT2D eigenvalue weighted by molar-refractivity contribution is 7.80. The van der Waals surface area contributed by atoms with Gasteiger partial charge in [0.1, 0.15) is 6.29 Å². The van der Waals surface area contributed by atoms with Crippen molar-refractivity contribution in [3.05, 3.63) is 29.8 Å². The minimum atomic E-state index is 0. The van der Waals surface area contributed by atoms with E-state index in [4.69, 9.17) is 0 Å². The van der Waals surface area contributed by atoms with E-state index in [0.29, 0.717) is 5.56 Å². The van der Waals surface area contributed by atoms with Crippen LogP contribution in [0.3, 0.4) is 0 Å². The maximum atomic E-state index is 10.1. The van der Waals surface area contributed by atoms with E-state index in [0.717, 1.165) is 11.2 Å². The molecule has 0 heterocycles. The molecule has 0 saturated carbocycles. The molecule has 0 atom stereocenters. The Labute approximate surface area is 66.5 Å². The second-order valence-electron chi connectivity index (χ2n) is 1.71. The summed E-state index contributed by atoms with van der Waals surface area (Å²) in [6, 6.07) is 7.03. The first-order valence-electron chi connectivity index (χ1n) is 2.57. The molecular formula is C8H10OS. The molecule has 10 heavy (non-hydrogen) atoms. The summed E-state index contributed by atoms with van der Waals surface area (Å²) in [6.07, 6.45) is 0.813. The molecule has 0 aliphatic heterocycles. The molecule has 2 heteroatoms. The minimum Gasteiger partial charge on any atom is -0.298 e. The Kier molecular flexibility index (Phi) is 3.81. The van der Waals surface area contributed by atoms with Crippen molar-refractivity contribution >= 4 is 18.9 Å². The quantitative estimate of drug-likeness (QED) is 0.485. The summed E-state index contributed by atoms with van der Waals surface area (Å²) in [5, 5.41) is 0. The summed E-state index contributed by atoms with van der Waals surface area (Å²) in [4.78, 5) is 11.0. The first kappa shape index (κ1) is 9.24. The normalized spacial score (nSPS) is 8.10.